The lowest BCUT2D eigenvalue weighted by Crippen LogP contribution is -2.38. The molecule has 1 saturated carbocycles. The van der Waals surface area contributed by atoms with Crippen LogP contribution in [-0.2, 0) is 0 Å². The van der Waals surface area contributed by atoms with Crippen LogP contribution in [0.4, 0.5) is 4.39 Å². The fraction of sp³-hybridized carbons (Fsp3) is 0.462. The number of rotatable bonds is 2. The normalized spacial score (nSPS) is 25.4. The Labute approximate surface area is 94.6 Å². The van der Waals surface area contributed by atoms with Gasteiger partial charge in [-0.05, 0) is 25.0 Å². The summed E-state index contributed by atoms with van der Waals surface area (Å²) in [7, 11) is 0. The molecule has 1 aromatic rings. The lowest BCUT2D eigenvalue weighted by molar-refractivity contribution is 0.0870. The molecule has 0 aromatic heterocycles. The van der Waals surface area contributed by atoms with Gasteiger partial charge in [0.15, 0.2) is 5.78 Å². The van der Waals surface area contributed by atoms with E-state index in [0.29, 0.717) is 5.56 Å². The van der Waals surface area contributed by atoms with E-state index >= 15 is 0 Å². The summed E-state index contributed by atoms with van der Waals surface area (Å²) in [6.07, 6.45) is 3.86. The summed E-state index contributed by atoms with van der Waals surface area (Å²) >= 11 is 0. The first-order valence-electron chi connectivity index (χ1n) is 5.74. The van der Waals surface area contributed by atoms with Crippen molar-refractivity contribution in [3.05, 3.63) is 35.6 Å². The number of nitrogens with two attached hydrogens (primary N) is 1. The zero-order chi connectivity index (χ0) is 11.5. The maximum atomic E-state index is 13.0. The highest BCUT2D eigenvalue weighted by Crippen LogP contribution is 2.26. The molecule has 2 unspecified atom stereocenters. The monoisotopic (exact) mass is 221 g/mol. The van der Waals surface area contributed by atoms with Crippen molar-refractivity contribution in [2.75, 3.05) is 0 Å². The lowest BCUT2D eigenvalue weighted by Gasteiger charge is -2.27. The van der Waals surface area contributed by atoms with E-state index in [0.717, 1.165) is 25.7 Å². The Kier molecular flexibility index (Phi) is 3.34. The Bertz CT molecular complexity index is 391. The van der Waals surface area contributed by atoms with Crippen molar-refractivity contribution in [1.29, 1.82) is 0 Å². The average Bonchev–Trinajstić information content (AvgIpc) is 2.29. The molecule has 3 heteroatoms. The van der Waals surface area contributed by atoms with Crippen molar-refractivity contribution in [1.82, 2.24) is 0 Å². The number of benzene rings is 1. The van der Waals surface area contributed by atoms with Crippen LogP contribution in [0.25, 0.3) is 0 Å². The number of carbonyl (C=O) groups excluding carboxylic acids is 1. The van der Waals surface area contributed by atoms with Gasteiger partial charge in [-0.2, -0.15) is 0 Å². The fourth-order valence-electron chi connectivity index (χ4n) is 2.34. The molecule has 1 fully saturated rings. The quantitative estimate of drug-likeness (QED) is 0.780. The first-order chi connectivity index (χ1) is 7.68. The van der Waals surface area contributed by atoms with Gasteiger partial charge in [-0.15, -0.1) is 0 Å². The average molecular weight is 221 g/mol. The highest BCUT2D eigenvalue weighted by molar-refractivity contribution is 5.98. The molecule has 0 radical (unpaired) electrons. The van der Waals surface area contributed by atoms with Crippen molar-refractivity contribution >= 4 is 5.78 Å². The molecule has 2 atom stereocenters. The topological polar surface area (TPSA) is 43.1 Å². The summed E-state index contributed by atoms with van der Waals surface area (Å²) in [5.74, 6) is -0.502. The third kappa shape index (κ3) is 2.30. The van der Waals surface area contributed by atoms with Crippen LogP contribution in [-0.4, -0.2) is 11.8 Å². The first-order valence-corrected chi connectivity index (χ1v) is 5.74. The summed E-state index contributed by atoms with van der Waals surface area (Å²) in [5, 5.41) is 0. The van der Waals surface area contributed by atoms with Gasteiger partial charge in [-0.3, -0.25) is 4.79 Å². The molecule has 1 aliphatic rings. The van der Waals surface area contributed by atoms with E-state index in [-0.39, 0.29) is 23.6 Å². The van der Waals surface area contributed by atoms with Crippen LogP contribution in [0.1, 0.15) is 36.0 Å². The van der Waals surface area contributed by atoms with E-state index in [2.05, 4.69) is 0 Å². The molecule has 0 spiro atoms. The number of hydrogen-bond donors (Lipinski definition) is 1. The zero-order valence-electron chi connectivity index (χ0n) is 9.16. The highest BCUT2D eigenvalue weighted by Gasteiger charge is 2.28. The SMILES string of the molecule is NC1CCCCC1C(=O)c1cccc(F)c1. The molecule has 2 nitrogen and oxygen atoms in total. The van der Waals surface area contributed by atoms with Crippen molar-refractivity contribution in [3.63, 3.8) is 0 Å². The van der Waals surface area contributed by atoms with Gasteiger partial charge in [0.05, 0.1) is 0 Å². The van der Waals surface area contributed by atoms with Crippen LogP contribution in [0.5, 0.6) is 0 Å². The molecule has 2 N–H and O–H groups in total. The Hall–Kier alpha value is -1.22. The van der Waals surface area contributed by atoms with Crippen LogP contribution in [0.2, 0.25) is 0 Å². The van der Waals surface area contributed by atoms with Crippen molar-refractivity contribution < 1.29 is 9.18 Å². The molecule has 0 bridgehead atoms. The second-order valence-corrected chi connectivity index (χ2v) is 4.43. The van der Waals surface area contributed by atoms with Crippen LogP contribution in [0, 0.1) is 11.7 Å². The Balaban J connectivity index is 2.17. The minimum atomic E-state index is -0.366. The number of ketones is 1. The zero-order valence-corrected chi connectivity index (χ0v) is 9.16. The third-order valence-electron chi connectivity index (χ3n) is 3.27. The molecule has 0 heterocycles. The van der Waals surface area contributed by atoms with Gasteiger partial charge < -0.3 is 5.73 Å². The predicted molar refractivity (Wildman–Crippen MR) is 60.7 cm³/mol. The molecular weight excluding hydrogens is 205 g/mol. The summed E-state index contributed by atoms with van der Waals surface area (Å²) < 4.78 is 13.0. The first kappa shape index (κ1) is 11.3. The van der Waals surface area contributed by atoms with Gasteiger partial charge >= 0.3 is 0 Å². The van der Waals surface area contributed by atoms with Crippen LogP contribution >= 0.6 is 0 Å². The highest BCUT2D eigenvalue weighted by atomic mass is 19.1. The van der Waals surface area contributed by atoms with E-state index in [1.54, 1.807) is 12.1 Å². The van der Waals surface area contributed by atoms with Gasteiger partial charge in [0, 0.05) is 17.5 Å². The van der Waals surface area contributed by atoms with Crippen LogP contribution < -0.4 is 5.73 Å². The molecule has 1 aromatic carbocycles. The van der Waals surface area contributed by atoms with Gasteiger partial charge in [0.25, 0.3) is 0 Å². The second kappa shape index (κ2) is 4.74. The number of Topliss-reactive ketones (excluding diaryl/α,β-unsaturated/α-hetero) is 1. The summed E-state index contributed by atoms with van der Waals surface area (Å²) in [4.78, 5) is 12.1. The molecule has 1 aliphatic carbocycles. The van der Waals surface area contributed by atoms with E-state index in [1.807, 2.05) is 0 Å². The van der Waals surface area contributed by atoms with Gasteiger partial charge in [-0.25, -0.2) is 4.39 Å². The van der Waals surface area contributed by atoms with Gasteiger partial charge in [0.1, 0.15) is 5.82 Å². The third-order valence-corrected chi connectivity index (χ3v) is 3.27. The molecular formula is C13H16FNO. The lowest BCUT2D eigenvalue weighted by atomic mass is 9.80. The van der Waals surface area contributed by atoms with E-state index < -0.39 is 0 Å². The summed E-state index contributed by atoms with van der Waals surface area (Å²) in [6.45, 7) is 0. The Morgan fingerprint density at radius 1 is 1.31 bits per heavy atom. The molecule has 86 valence electrons. The van der Waals surface area contributed by atoms with Crippen molar-refractivity contribution in [2.24, 2.45) is 11.7 Å². The molecule has 0 saturated heterocycles. The molecule has 0 amide bonds. The number of carbonyl (C=O) groups is 1. The largest absolute Gasteiger partial charge is 0.327 e. The minimum Gasteiger partial charge on any atom is -0.327 e. The fourth-order valence-corrected chi connectivity index (χ4v) is 2.34. The van der Waals surface area contributed by atoms with Crippen molar-refractivity contribution in [3.8, 4) is 0 Å². The van der Waals surface area contributed by atoms with Gasteiger partial charge in [-0.1, -0.05) is 25.0 Å². The summed E-state index contributed by atoms with van der Waals surface area (Å²) in [5.41, 5.74) is 6.39. The minimum absolute atomic E-state index is 0.00769. The molecule has 0 aliphatic heterocycles. The standard InChI is InChI=1S/C13H16FNO/c14-10-5-3-4-9(8-10)13(16)11-6-1-2-7-12(11)15/h3-5,8,11-12H,1-2,6-7,15H2. The number of hydrogen-bond acceptors (Lipinski definition) is 2. The maximum Gasteiger partial charge on any atom is 0.167 e. The van der Waals surface area contributed by atoms with E-state index in [4.69, 9.17) is 5.73 Å². The Morgan fingerprint density at radius 2 is 2.06 bits per heavy atom. The van der Waals surface area contributed by atoms with Gasteiger partial charge in [0.2, 0.25) is 0 Å². The Morgan fingerprint density at radius 3 is 2.75 bits per heavy atom. The van der Waals surface area contributed by atoms with Crippen molar-refractivity contribution in [2.45, 2.75) is 31.7 Å². The van der Waals surface area contributed by atoms with E-state index in [9.17, 15) is 9.18 Å². The maximum absolute atomic E-state index is 13.0. The van der Waals surface area contributed by atoms with E-state index in [1.165, 1.54) is 12.1 Å². The second-order valence-electron chi connectivity index (χ2n) is 4.43. The number of halogens is 1. The van der Waals surface area contributed by atoms with Crippen LogP contribution in [0.15, 0.2) is 24.3 Å². The summed E-state index contributed by atoms with van der Waals surface area (Å²) in [6, 6.07) is 5.80. The molecule has 16 heavy (non-hydrogen) atoms. The van der Waals surface area contributed by atoms with Crippen LogP contribution in [0.3, 0.4) is 0 Å². The predicted octanol–water partition coefficient (Wildman–Crippen LogP) is 2.53. The molecule has 2 rings (SSSR count). The smallest absolute Gasteiger partial charge is 0.167 e.